The molecule has 0 saturated carbocycles. The topological polar surface area (TPSA) is 34.1 Å². The van der Waals surface area contributed by atoms with Gasteiger partial charge in [-0.2, -0.15) is 0 Å². The zero-order chi connectivity index (χ0) is 10.8. The minimum Gasteiger partial charge on any atom is -0.216 e. The minimum atomic E-state index is -3.34. The average Bonchev–Trinajstić information content (AvgIpc) is 2.06. The predicted molar refractivity (Wildman–Crippen MR) is 55.8 cm³/mol. The van der Waals surface area contributed by atoms with Gasteiger partial charge in [0, 0.05) is 10.8 Å². The van der Waals surface area contributed by atoms with Crippen molar-refractivity contribution in [2.45, 2.75) is 0 Å². The van der Waals surface area contributed by atoms with Gasteiger partial charge in [-0.15, -0.1) is 0 Å². The van der Waals surface area contributed by atoms with Crippen molar-refractivity contribution in [3.8, 4) is 11.2 Å². The number of halogens is 2. The maximum atomic E-state index is 12.9. The number of benzene rings is 1. The number of hydrogen-bond donors (Lipinski definition) is 0. The first kappa shape index (κ1) is 11.2. The van der Waals surface area contributed by atoms with Crippen LogP contribution in [-0.4, -0.2) is 14.7 Å². The van der Waals surface area contributed by atoms with Crippen molar-refractivity contribution >= 4 is 25.8 Å². The molecular formula is C9H6BrFO2S. The van der Waals surface area contributed by atoms with E-state index in [-0.39, 0.29) is 0 Å². The molecule has 0 bridgehead atoms. The molecule has 0 aliphatic carbocycles. The van der Waals surface area contributed by atoms with Crippen molar-refractivity contribution in [1.82, 2.24) is 0 Å². The SMILES string of the molecule is CS(=O)(=O)C#Cc1ccc(Br)c(F)c1. The van der Waals surface area contributed by atoms with E-state index in [2.05, 4.69) is 21.9 Å². The Morgan fingerprint density at radius 1 is 1.43 bits per heavy atom. The number of sulfone groups is 1. The maximum Gasteiger partial charge on any atom is 0.214 e. The molecule has 1 rings (SSSR count). The van der Waals surface area contributed by atoms with Gasteiger partial charge in [-0.25, -0.2) is 12.8 Å². The van der Waals surface area contributed by atoms with Crippen LogP contribution in [0.2, 0.25) is 0 Å². The van der Waals surface area contributed by atoms with Crippen LogP contribution < -0.4 is 0 Å². The van der Waals surface area contributed by atoms with E-state index < -0.39 is 15.7 Å². The highest BCUT2D eigenvalue weighted by atomic mass is 79.9. The summed E-state index contributed by atoms with van der Waals surface area (Å²) in [5, 5.41) is 2.03. The van der Waals surface area contributed by atoms with Gasteiger partial charge in [0.25, 0.3) is 0 Å². The summed E-state index contributed by atoms with van der Waals surface area (Å²) < 4.78 is 34.6. The van der Waals surface area contributed by atoms with E-state index >= 15 is 0 Å². The molecule has 0 aliphatic rings. The largest absolute Gasteiger partial charge is 0.216 e. The monoisotopic (exact) mass is 276 g/mol. The van der Waals surface area contributed by atoms with Crippen molar-refractivity contribution in [1.29, 1.82) is 0 Å². The van der Waals surface area contributed by atoms with E-state index in [9.17, 15) is 12.8 Å². The van der Waals surface area contributed by atoms with Crippen molar-refractivity contribution in [2.24, 2.45) is 0 Å². The van der Waals surface area contributed by atoms with E-state index in [4.69, 9.17) is 0 Å². The van der Waals surface area contributed by atoms with Crippen LogP contribution in [0.1, 0.15) is 5.56 Å². The fraction of sp³-hybridized carbons (Fsp3) is 0.111. The van der Waals surface area contributed by atoms with Gasteiger partial charge in [-0.1, -0.05) is 0 Å². The molecular weight excluding hydrogens is 271 g/mol. The van der Waals surface area contributed by atoms with E-state index in [0.29, 0.717) is 10.0 Å². The minimum absolute atomic E-state index is 0.322. The van der Waals surface area contributed by atoms with Crippen LogP contribution in [-0.2, 0) is 9.84 Å². The first-order chi connectivity index (χ1) is 6.38. The quantitative estimate of drug-likeness (QED) is 0.679. The smallest absolute Gasteiger partial charge is 0.214 e. The molecule has 0 N–H and O–H groups in total. The Morgan fingerprint density at radius 3 is 2.57 bits per heavy atom. The molecule has 0 saturated heterocycles. The summed E-state index contributed by atoms with van der Waals surface area (Å²) in [4.78, 5) is 0. The lowest BCUT2D eigenvalue weighted by molar-refractivity contribution is 0.611. The summed E-state index contributed by atoms with van der Waals surface area (Å²) in [5.41, 5.74) is 0.330. The van der Waals surface area contributed by atoms with Crippen LogP contribution >= 0.6 is 15.9 Å². The van der Waals surface area contributed by atoms with Gasteiger partial charge < -0.3 is 0 Å². The molecule has 1 aromatic rings. The van der Waals surface area contributed by atoms with Gasteiger partial charge in [0.2, 0.25) is 9.84 Å². The Kier molecular flexibility index (Phi) is 3.29. The lowest BCUT2D eigenvalue weighted by atomic mass is 10.2. The van der Waals surface area contributed by atoms with Gasteiger partial charge in [0.15, 0.2) is 0 Å². The summed E-state index contributed by atoms with van der Waals surface area (Å²) in [7, 11) is -3.34. The zero-order valence-electron chi connectivity index (χ0n) is 7.21. The molecule has 0 radical (unpaired) electrons. The summed E-state index contributed by atoms with van der Waals surface area (Å²) in [5.74, 6) is 1.89. The van der Waals surface area contributed by atoms with Gasteiger partial charge in [-0.05, 0) is 40.0 Å². The predicted octanol–water partition coefficient (Wildman–Crippen LogP) is 1.94. The van der Waals surface area contributed by atoms with Crippen molar-refractivity contribution < 1.29 is 12.8 Å². The second kappa shape index (κ2) is 4.11. The molecule has 14 heavy (non-hydrogen) atoms. The Bertz CT molecular complexity index is 511. The molecule has 0 heterocycles. The van der Waals surface area contributed by atoms with Gasteiger partial charge >= 0.3 is 0 Å². The van der Waals surface area contributed by atoms with Crippen LogP contribution in [0.5, 0.6) is 0 Å². The van der Waals surface area contributed by atoms with Gasteiger partial charge in [0.05, 0.1) is 10.7 Å². The van der Waals surface area contributed by atoms with Crippen LogP contribution in [0.15, 0.2) is 22.7 Å². The Hall–Kier alpha value is -0.860. The molecule has 0 unspecified atom stereocenters. The molecule has 0 amide bonds. The van der Waals surface area contributed by atoms with Crippen molar-refractivity contribution in [2.75, 3.05) is 6.26 Å². The molecule has 2 nitrogen and oxygen atoms in total. The fourth-order valence-corrected chi connectivity index (χ4v) is 1.28. The third-order valence-electron chi connectivity index (χ3n) is 1.30. The highest BCUT2D eigenvalue weighted by molar-refractivity contribution is 9.10. The van der Waals surface area contributed by atoms with E-state index in [0.717, 1.165) is 6.26 Å². The molecule has 0 aromatic heterocycles. The standard InChI is InChI=1S/C9H6BrFO2S/c1-14(12,13)5-4-7-2-3-8(10)9(11)6-7/h2-3,6H,1H3. The second-order valence-electron chi connectivity index (χ2n) is 2.63. The molecule has 0 spiro atoms. The summed E-state index contributed by atoms with van der Waals surface area (Å²) in [6, 6.07) is 4.18. The Morgan fingerprint density at radius 2 is 2.07 bits per heavy atom. The highest BCUT2D eigenvalue weighted by Gasteiger charge is 1.98. The molecule has 0 fully saturated rings. The first-order valence-corrected chi connectivity index (χ1v) is 6.25. The second-order valence-corrected chi connectivity index (χ2v) is 5.23. The normalized spacial score (nSPS) is 10.5. The number of rotatable bonds is 0. The maximum absolute atomic E-state index is 12.9. The lowest BCUT2D eigenvalue weighted by Crippen LogP contribution is -1.89. The van der Waals surface area contributed by atoms with Gasteiger partial charge in [-0.3, -0.25) is 0 Å². The third-order valence-corrected chi connectivity index (χ3v) is 2.42. The summed E-state index contributed by atoms with van der Waals surface area (Å²) in [6.07, 6.45) is 0.995. The van der Waals surface area contributed by atoms with Crippen molar-refractivity contribution in [3.05, 3.63) is 34.1 Å². The number of hydrogen-bond acceptors (Lipinski definition) is 2. The van der Waals surface area contributed by atoms with Crippen LogP contribution in [0, 0.1) is 17.0 Å². The molecule has 74 valence electrons. The summed E-state index contributed by atoms with van der Waals surface area (Å²) in [6.45, 7) is 0. The van der Waals surface area contributed by atoms with E-state index in [1.807, 2.05) is 5.25 Å². The molecule has 0 atom stereocenters. The Labute approximate surface area is 90.2 Å². The molecule has 0 aliphatic heterocycles. The van der Waals surface area contributed by atoms with Crippen LogP contribution in [0.4, 0.5) is 4.39 Å². The highest BCUT2D eigenvalue weighted by Crippen LogP contribution is 2.15. The van der Waals surface area contributed by atoms with E-state index in [1.54, 1.807) is 0 Å². The zero-order valence-corrected chi connectivity index (χ0v) is 9.62. The lowest BCUT2D eigenvalue weighted by Gasteiger charge is -1.93. The third kappa shape index (κ3) is 3.48. The van der Waals surface area contributed by atoms with E-state index in [1.165, 1.54) is 18.2 Å². The Balaban J connectivity index is 3.10. The van der Waals surface area contributed by atoms with Crippen LogP contribution in [0.3, 0.4) is 0 Å². The van der Waals surface area contributed by atoms with Crippen LogP contribution in [0.25, 0.3) is 0 Å². The molecule has 1 aromatic carbocycles. The fourth-order valence-electron chi connectivity index (χ4n) is 0.726. The molecule has 5 heteroatoms. The summed E-state index contributed by atoms with van der Waals surface area (Å²) >= 11 is 2.98. The average molecular weight is 277 g/mol. The van der Waals surface area contributed by atoms with Gasteiger partial charge in [0.1, 0.15) is 5.82 Å². The first-order valence-electron chi connectivity index (χ1n) is 3.56. The van der Waals surface area contributed by atoms with Crippen molar-refractivity contribution in [3.63, 3.8) is 0 Å².